The number of rotatable bonds is 2. The molecule has 1 fully saturated rings. The zero-order chi connectivity index (χ0) is 19.2. The number of ketones is 2. The molecule has 1 spiro atoms. The number of hydrogen-bond acceptors (Lipinski definition) is 3. The molecular formula is C22H31NO3. The van der Waals surface area contributed by atoms with Gasteiger partial charge in [-0.3, -0.25) is 14.4 Å². The first-order valence-electron chi connectivity index (χ1n) is 9.87. The van der Waals surface area contributed by atoms with Gasteiger partial charge in [-0.15, -0.1) is 0 Å². The van der Waals surface area contributed by atoms with E-state index >= 15 is 0 Å². The molecule has 1 saturated heterocycles. The fourth-order valence-electron chi connectivity index (χ4n) is 5.46. The quantitative estimate of drug-likeness (QED) is 0.606. The Labute approximate surface area is 156 Å². The fourth-order valence-corrected chi connectivity index (χ4v) is 5.46. The topological polar surface area (TPSA) is 63.2 Å². The highest BCUT2D eigenvalue weighted by Gasteiger charge is 2.65. The van der Waals surface area contributed by atoms with E-state index in [1.165, 1.54) is 5.57 Å². The molecule has 3 aliphatic rings. The minimum Gasteiger partial charge on any atom is -0.352 e. The maximum absolute atomic E-state index is 13.4. The fraction of sp³-hybridized carbons (Fsp3) is 0.682. The molecule has 0 bridgehead atoms. The molecule has 0 unspecified atom stereocenters. The van der Waals surface area contributed by atoms with E-state index < -0.39 is 5.41 Å². The van der Waals surface area contributed by atoms with E-state index in [-0.39, 0.29) is 47.7 Å². The van der Waals surface area contributed by atoms with Crippen molar-refractivity contribution >= 4 is 17.5 Å². The van der Waals surface area contributed by atoms with Crippen LogP contribution in [0.5, 0.6) is 0 Å². The third-order valence-corrected chi connectivity index (χ3v) is 6.72. The third kappa shape index (κ3) is 2.87. The van der Waals surface area contributed by atoms with E-state index in [0.29, 0.717) is 18.8 Å². The highest BCUT2D eigenvalue weighted by Crippen LogP contribution is 2.56. The van der Waals surface area contributed by atoms with Crippen molar-refractivity contribution in [2.45, 2.75) is 66.3 Å². The first-order valence-corrected chi connectivity index (χ1v) is 9.87. The van der Waals surface area contributed by atoms with Gasteiger partial charge < -0.3 is 5.32 Å². The van der Waals surface area contributed by atoms with Gasteiger partial charge in [0, 0.05) is 24.3 Å². The van der Waals surface area contributed by atoms with Crippen LogP contribution in [0.1, 0.15) is 60.3 Å². The zero-order valence-corrected chi connectivity index (χ0v) is 16.6. The van der Waals surface area contributed by atoms with Crippen molar-refractivity contribution in [2.75, 3.05) is 0 Å². The van der Waals surface area contributed by atoms with Gasteiger partial charge in [-0.1, -0.05) is 44.1 Å². The van der Waals surface area contributed by atoms with Crippen molar-refractivity contribution in [3.8, 4) is 0 Å². The summed E-state index contributed by atoms with van der Waals surface area (Å²) >= 11 is 0. The molecule has 2 aliphatic carbocycles. The van der Waals surface area contributed by atoms with Gasteiger partial charge in [-0.2, -0.15) is 0 Å². The van der Waals surface area contributed by atoms with Crippen molar-refractivity contribution in [1.29, 1.82) is 0 Å². The lowest BCUT2D eigenvalue weighted by Crippen LogP contribution is -2.53. The predicted molar refractivity (Wildman–Crippen MR) is 101 cm³/mol. The van der Waals surface area contributed by atoms with Gasteiger partial charge >= 0.3 is 0 Å². The zero-order valence-electron chi connectivity index (χ0n) is 16.6. The molecule has 4 nitrogen and oxygen atoms in total. The molecule has 1 aliphatic heterocycles. The summed E-state index contributed by atoms with van der Waals surface area (Å²) < 4.78 is 0. The Bertz CT molecular complexity index is 702. The summed E-state index contributed by atoms with van der Waals surface area (Å²) in [5.74, 6) is -0.0440. The summed E-state index contributed by atoms with van der Waals surface area (Å²) in [5, 5.41) is 3.17. The Hall–Kier alpha value is -1.71. The normalized spacial score (nSPS) is 39.8. The Morgan fingerprint density at radius 3 is 2.58 bits per heavy atom. The number of Topliss-reactive ketones (excluding diaryl/α,β-unsaturated/α-hetero) is 2. The summed E-state index contributed by atoms with van der Waals surface area (Å²) in [6.07, 6.45) is 5.77. The summed E-state index contributed by atoms with van der Waals surface area (Å²) in [6, 6.07) is -0.00672. The average molecular weight is 357 g/mol. The minimum absolute atomic E-state index is 0.00672. The number of carbonyl (C=O) groups excluding carboxylic acids is 3. The molecule has 1 amide bonds. The van der Waals surface area contributed by atoms with Crippen molar-refractivity contribution in [1.82, 2.24) is 5.32 Å². The van der Waals surface area contributed by atoms with Crippen molar-refractivity contribution in [2.24, 2.45) is 29.1 Å². The second-order valence-electron chi connectivity index (χ2n) is 9.01. The van der Waals surface area contributed by atoms with Crippen molar-refractivity contribution in [3.05, 3.63) is 23.3 Å². The van der Waals surface area contributed by atoms with Crippen LogP contribution in [0.4, 0.5) is 0 Å². The Balaban J connectivity index is 2.17. The van der Waals surface area contributed by atoms with E-state index in [1.54, 1.807) is 0 Å². The van der Waals surface area contributed by atoms with Crippen LogP contribution in [0.15, 0.2) is 23.3 Å². The van der Waals surface area contributed by atoms with Gasteiger partial charge in [-0.25, -0.2) is 0 Å². The molecule has 26 heavy (non-hydrogen) atoms. The molecule has 142 valence electrons. The number of nitrogens with one attached hydrogen (secondary N) is 1. The molecule has 0 saturated carbocycles. The van der Waals surface area contributed by atoms with Crippen molar-refractivity contribution in [3.63, 3.8) is 0 Å². The minimum atomic E-state index is -1.09. The maximum Gasteiger partial charge on any atom is 0.234 e. The van der Waals surface area contributed by atoms with Gasteiger partial charge in [0.15, 0.2) is 5.78 Å². The summed E-state index contributed by atoms with van der Waals surface area (Å²) in [6.45, 7) is 10.5. The van der Waals surface area contributed by atoms with Crippen LogP contribution in [0.3, 0.4) is 0 Å². The Morgan fingerprint density at radius 1 is 1.23 bits per heavy atom. The van der Waals surface area contributed by atoms with Gasteiger partial charge in [0.2, 0.25) is 5.91 Å². The summed E-state index contributed by atoms with van der Waals surface area (Å²) in [7, 11) is 0. The molecule has 4 heteroatoms. The van der Waals surface area contributed by atoms with Gasteiger partial charge in [-0.05, 0) is 38.5 Å². The van der Waals surface area contributed by atoms with Gasteiger partial charge in [0.05, 0.1) is 6.42 Å². The largest absolute Gasteiger partial charge is 0.352 e. The van der Waals surface area contributed by atoms with E-state index in [0.717, 1.165) is 12.0 Å². The van der Waals surface area contributed by atoms with Crippen LogP contribution in [-0.4, -0.2) is 23.5 Å². The lowest BCUT2D eigenvalue weighted by molar-refractivity contribution is -0.147. The average Bonchev–Trinajstić information content (AvgIpc) is 2.84. The second kappa shape index (κ2) is 6.79. The molecule has 0 aromatic rings. The van der Waals surface area contributed by atoms with Crippen LogP contribution >= 0.6 is 0 Å². The summed E-state index contributed by atoms with van der Waals surface area (Å²) in [4.78, 5) is 39.1. The number of allylic oxidation sites excluding steroid dienone is 4. The Kier molecular flexibility index (Phi) is 4.98. The highest BCUT2D eigenvalue weighted by atomic mass is 16.2. The first-order chi connectivity index (χ1) is 12.2. The van der Waals surface area contributed by atoms with Crippen molar-refractivity contribution < 1.29 is 14.4 Å². The maximum atomic E-state index is 13.4. The number of hydrogen-bond donors (Lipinski definition) is 1. The monoisotopic (exact) mass is 357 g/mol. The van der Waals surface area contributed by atoms with Gasteiger partial charge in [0.1, 0.15) is 11.2 Å². The number of amides is 1. The van der Waals surface area contributed by atoms with Gasteiger partial charge in [0.25, 0.3) is 0 Å². The third-order valence-electron chi connectivity index (χ3n) is 6.72. The molecule has 0 aromatic heterocycles. The van der Waals surface area contributed by atoms with E-state index in [2.05, 4.69) is 39.1 Å². The van der Waals surface area contributed by atoms with Crippen LogP contribution < -0.4 is 5.32 Å². The first kappa shape index (κ1) is 19.1. The van der Waals surface area contributed by atoms with E-state index in [4.69, 9.17) is 0 Å². The summed E-state index contributed by atoms with van der Waals surface area (Å²) in [5.41, 5.74) is 1.26. The molecular weight excluding hydrogens is 326 g/mol. The molecule has 5 atom stereocenters. The van der Waals surface area contributed by atoms with E-state index in [1.807, 2.05) is 13.0 Å². The van der Waals surface area contributed by atoms with Crippen LogP contribution in [0.25, 0.3) is 0 Å². The molecule has 1 heterocycles. The SMILES string of the molecule is CC1=C[C@@H]2C/C(C)=C\CC(=O)CC(=O)[C@]23C(=O)N[C@@H](CC(C)C)[C@@H]3[C@@H]1C. The smallest absolute Gasteiger partial charge is 0.234 e. The molecule has 3 rings (SSSR count). The van der Waals surface area contributed by atoms with E-state index in [9.17, 15) is 14.4 Å². The predicted octanol–water partition coefficient (Wildman–Crippen LogP) is 3.61. The lowest BCUT2D eigenvalue weighted by atomic mass is 9.54. The van der Waals surface area contributed by atoms with Crippen LogP contribution in [0, 0.1) is 29.1 Å². The lowest BCUT2D eigenvalue weighted by Gasteiger charge is -2.45. The standard InChI is InChI=1S/C22H31NO3/c1-12(2)8-18-20-15(5)14(4)10-16-9-13(3)6-7-17(24)11-19(25)22(16,20)21(26)23-18/h6,10,12,15-16,18,20H,7-9,11H2,1-5H3,(H,23,26)/b13-6-/t15-,16+,18+,20+,22-/m1/s1. The molecule has 0 radical (unpaired) electrons. The molecule has 0 aromatic carbocycles. The van der Waals surface area contributed by atoms with Crippen LogP contribution in [-0.2, 0) is 14.4 Å². The molecule has 1 N–H and O–H groups in total. The second-order valence-corrected chi connectivity index (χ2v) is 9.01. The number of carbonyl (C=O) groups is 3. The van der Waals surface area contributed by atoms with Crippen LogP contribution in [0.2, 0.25) is 0 Å². The highest BCUT2D eigenvalue weighted by molar-refractivity contribution is 6.14. The Morgan fingerprint density at radius 2 is 1.92 bits per heavy atom.